The van der Waals surface area contributed by atoms with Gasteiger partial charge in [-0.3, -0.25) is 4.79 Å². The molecule has 0 unspecified atom stereocenters. The van der Waals surface area contributed by atoms with Crippen molar-refractivity contribution < 1.29 is 4.79 Å². The highest BCUT2D eigenvalue weighted by molar-refractivity contribution is 6.33. The number of hydrogen-bond donors (Lipinski definition) is 2. The van der Waals surface area contributed by atoms with Crippen LogP contribution in [0.5, 0.6) is 0 Å². The Labute approximate surface area is 118 Å². The maximum absolute atomic E-state index is 12.1. The zero-order chi connectivity index (χ0) is 14.0. The smallest absolute Gasteiger partial charge is 0.271 e. The lowest BCUT2D eigenvalue weighted by atomic mass is 9.75. The van der Waals surface area contributed by atoms with Gasteiger partial charge in [-0.05, 0) is 43.2 Å². The molecule has 19 heavy (non-hydrogen) atoms. The van der Waals surface area contributed by atoms with Crippen molar-refractivity contribution in [3.05, 3.63) is 22.8 Å². The van der Waals surface area contributed by atoms with Gasteiger partial charge >= 0.3 is 0 Å². The van der Waals surface area contributed by atoms with Gasteiger partial charge in [-0.15, -0.1) is 0 Å². The standard InChI is InChI=1S/C14H20ClN3O/c1-14(2)7-5-9(6-8-14)17-13(19)12-10(15)3-4-11(16)18-12/h3-4,9H,5-8H2,1-2H3,(H2,16,18)(H,17,19). The highest BCUT2D eigenvalue weighted by Gasteiger charge is 2.28. The van der Waals surface area contributed by atoms with E-state index < -0.39 is 0 Å². The minimum absolute atomic E-state index is 0.208. The van der Waals surface area contributed by atoms with Crippen LogP contribution in [0, 0.1) is 5.41 Å². The largest absolute Gasteiger partial charge is 0.384 e. The summed E-state index contributed by atoms with van der Waals surface area (Å²) >= 11 is 5.98. The van der Waals surface area contributed by atoms with E-state index in [-0.39, 0.29) is 17.6 Å². The Kier molecular flexibility index (Phi) is 3.99. The molecule has 1 aliphatic carbocycles. The summed E-state index contributed by atoms with van der Waals surface area (Å²) in [7, 11) is 0. The van der Waals surface area contributed by atoms with Crippen LogP contribution in [0.15, 0.2) is 12.1 Å². The monoisotopic (exact) mass is 281 g/mol. The second-order valence-electron chi connectivity index (χ2n) is 5.98. The number of carbonyl (C=O) groups excluding carboxylic acids is 1. The first-order valence-corrected chi connectivity index (χ1v) is 6.98. The Morgan fingerprint density at radius 1 is 1.42 bits per heavy atom. The average molecular weight is 282 g/mol. The number of carbonyl (C=O) groups is 1. The lowest BCUT2D eigenvalue weighted by Crippen LogP contribution is -2.39. The van der Waals surface area contributed by atoms with E-state index in [0.717, 1.165) is 25.7 Å². The SMILES string of the molecule is CC1(C)CCC(NC(=O)c2nc(N)ccc2Cl)CC1. The van der Waals surface area contributed by atoms with Gasteiger partial charge in [-0.25, -0.2) is 4.98 Å². The molecule has 4 nitrogen and oxygen atoms in total. The van der Waals surface area contributed by atoms with Crippen LogP contribution in [0.25, 0.3) is 0 Å². The molecule has 1 aromatic heterocycles. The molecular formula is C14H20ClN3O. The summed E-state index contributed by atoms with van der Waals surface area (Å²) in [5, 5.41) is 3.34. The van der Waals surface area contributed by atoms with E-state index in [4.69, 9.17) is 17.3 Å². The normalized spacial score (nSPS) is 19.1. The summed E-state index contributed by atoms with van der Waals surface area (Å²) < 4.78 is 0. The summed E-state index contributed by atoms with van der Waals surface area (Å²) in [5.41, 5.74) is 6.18. The molecule has 104 valence electrons. The average Bonchev–Trinajstić information content (AvgIpc) is 2.35. The van der Waals surface area contributed by atoms with Crippen molar-refractivity contribution in [2.75, 3.05) is 5.73 Å². The fourth-order valence-electron chi connectivity index (χ4n) is 2.41. The molecule has 0 bridgehead atoms. The van der Waals surface area contributed by atoms with E-state index in [0.29, 0.717) is 16.3 Å². The number of nitrogens with one attached hydrogen (secondary N) is 1. The number of halogens is 1. The van der Waals surface area contributed by atoms with Crippen LogP contribution < -0.4 is 11.1 Å². The van der Waals surface area contributed by atoms with Crippen LogP contribution >= 0.6 is 11.6 Å². The lowest BCUT2D eigenvalue weighted by Gasteiger charge is -2.34. The maximum Gasteiger partial charge on any atom is 0.271 e. The predicted octanol–water partition coefficient (Wildman–Crippen LogP) is 3.02. The molecule has 0 aromatic carbocycles. The number of nitrogens with zero attached hydrogens (tertiary/aromatic N) is 1. The minimum Gasteiger partial charge on any atom is -0.384 e. The summed E-state index contributed by atoms with van der Waals surface area (Å²) in [6.45, 7) is 4.53. The molecule has 0 spiro atoms. The zero-order valence-corrected chi connectivity index (χ0v) is 12.1. The Hall–Kier alpha value is -1.29. The van der Waals surface area contributed by atoms with E-state index >= 15 is 0 Å². The van der Waals surface area contributed by atoms with Crippen LogP contribution in [-0.4, -0.2) is 16.9 Å². The fourth-order valence-corrected chi connectivity index (χ4v) is 2.60. The fraction of sp³-hybridized carbons (Fsp3) is 0.571. The molecule has 1 fully saturated rings. The molecule has 2 rings (SSSR count). The maximum atomic E-state index is 12.1. The van der Waals surface area contributed by atoms with Crippen molar-refractivity contribution in [3.8, 4) is 0 Å². The molecule has 3 N–H and O–H groups in total. The van der Waals surface area contributed by atoms with Crippen LogP contribution in [0.3, 0.4) is 0 Å². The summed E-state index contributed by atoms with van der Waals surface area (Å²) in [4.78, 5) is 16.1. The molecule has 1 heterocycles. The van der Waals surface area contributed by atoms with Crippen LogP contribution in [0.2, 0.25) is 5.02 Å². The Balaban J connectivity index is 2.00. The van der Waals surface area contributed by atoms with Crippen LogP contribution in [-0.2, 0) is 0 Å². The summed E-state index contributed by atoms with van der Waals surface area (Å²) in [6, 6.07) is 3.39. The predicted molar refractivity (Wildman–Crippen MR) is 77.2 cm³/mol. The van der Waals surface area contributed by atoms with Crippen molar-refractivity contribution in [3.63, 3.8) is 0 Å². The van der Waals surface area contributed by atoms with E-state index in [9.17, 15) is 4.79 Å². The van der Waals surface area contributed by atoms with Gasteiger partial charge in [-0.2, -0.15) is 0 Å². The Morgan fingerprint density at radius 3 is 2.68 bits per heavy atom. The molecule has 1 amide bonds. The molecule has 5 heteroatoms. The number of anilines is 1. The number of rotatable bonds is 2. The van der Waals surface area contributed by atoms with E-state index in [1.54, 1.807) is 12.1 Å². The highest BCUT2D eigenvalue weighted by atomic mass is 35.5. The first kappa shape index (κ1) is 14.1. The molecule has 0 atom stereocenters. The topological polar surface area (TPSA) is 68.0 Å². The molecule has 0 saturated heterocycles. The van der Waals surface area contributed by atoms with Crippen molar-refractivity contribution >= 4 is 23.3 Å². The minimum atomic E-state index is -0.234. The van der Waals surface area contributed by atoms with E-state index in [2.05, 4.69) is 24.1 Å². The molecule has 1 aliphatic rings. The van der Waals surface area contributed by atoms with Crippen LogP contribution in [0.1, 0.15) is 50.0 Å². The zero-order valence-electron chi connectivity index (χ0n) is 11.4. The highest BCUT2D eigenvalue weighted by Crippen LogP contribution is 2.35. The van der Waals surface area contributed by atoms with Crippen LogP contribution in [0.4, 0.5) is 5.82 Å². The number of nitrogen functional groups attached to an aromatic ring is 1. The molecule has 1 saturated carbocycles. The quantitative estimate of drug-likeness (QED) is 0.875. The number of nitrogens with two attached hydrogens (primary N) is 1. The number of amides is 1. The van der Waals surface area contributed by atoms with Gasteiger partial charge in [0.2, 0.25) is 0 Å². The first-order valence-electron chi connectivity index (χ1n) is 6.60. The van der Waals surface area contributed by atoms with Crippen molar-refractivity contribution in [2.45, 2.75) is 45.6 Å². The Bertz CT molecular complexity index is 478. The second-order valence-corrected chi connectivity index (χ2v) is 6.39. The van der Waals surface area contributed by atoms with Gasteiger partial charge in [0.05, 0.1) is 5.02 Å². The molecule has 0 aliphatic heterocycles. The third kappa shape index (κ3) is 3.60. The third-order valence-electron chi connectivity index (χ3n) is 3.76. The third-order valence-corrected chi connectivity index (χ3v) is 4.06. The van der Waals surface area contributed by atoms with Crippen molar-refractivity contribution in [1.82, 2.24) is 10.3 Å². The Morgan fingerprint density at radius 2 is 2.05 bits per heavy atom. The number of aromatic nitrogens is 1. The number of hydrogen-bond acceptors (Lipinski definition) is 3. The van der Waals surface area contributed by atoms with Gasteiger partial charge in [0.15, 0.2) is 0 Å². The molecular weight excluding hydrogens is 262 g/mol. The van der Waals surface area contributed by atoms with Gasteiger partial charge in [0, 0.05) is 6.04 Å². The van der Waals surface area contributed by atoms with Crippen molar-refractivity contribution in [2.24, 2.45) is 5.41 Å². The first-order chi connectivity index (χ1) is 8.87. The second kappa shape index (κ2) is 5.37. The van der Waals surface area contributed by atoms with Gasteiger partial charge < -0.3 is 11.1 Å². The van der Waals surface area contributed by atoms with E-state index in [1.165, 1.54) is 0 Å². The van der Waals surface area contributed by atoms with Gasteiger partial charge in [0.1, 0.15) is 11.5 Å². The lowest BCUT2D eigenvalue weighted by molar-refractivity contribution is 0.0904. The van der Waals surface area contributed by atoms with Gasteiger partial charge in [0.25, 0.3) is 5.91 Å². The van der Waals surface area contributed by atoms with Crippen molar-refractivity contribution in [1.29, 1.82) is 0 Å². The summed E-state index contributed by atoms with van der Waals surface area (Å²) in [6.07, 6.45) is 4.24. The van der Waals surface area contributed by atoms with Gasteiger partial charge in [-0.1, -0.05) is 25.4 Å². The number of pyridine rings is 1. The molecule has 1 aromatic rings. The summed E-state index contributed by atoms with van der Waals surface area (Å²) in [5.74, 6) is 0.0707. The van der Waals surface area contributed by atoms with E-state index in [1.807, 2.05) is 0 Å². The molecule has 0 radical (unpaired) electrons.